The van der Waals surface area contributed by atoms with Crippen LogP contribution in [0.1, 0.15) is 13.2 Å². The van der Waals surface area contributed by atoms with Crippen molar-refractivity contribution in [1.82, 2.24) is 24.8 Å². The number of fused-ring (bicyclic) bond motifs is 1. The van der Waals surface area contributed by atoms with Crippen molar-refractivity contribution in [3.63, 3.8) is 0 Å². The number of rotatable bonds is 4. The Morgan fingerprint density at radius 2 is 2.13 bits per heavy atom. The number of anilines is 1. The van der Waals surface area contributed by atoms with Crippen molar-refractivity contribution in [3.05, 3.63) is 12.7 Å². The lowest BCUT2D eigenvalue weighted by Crippen LogP contribution is -2.42. The topological polar surface area (TPSA) is 134 Å². The molecule has 0 saturated carbocycles. The van der Waals surface area contributed by atoms with Crippen LogP contribution in [-0.2, 0) is 9.53 Å². The number of carbonyl (C=O) groups is 1. The molecule has 124 valence electrons. The summed E-state index contributed by atoms with van der Waals surface area (Å²) in [6.45, 7) is 2.16. The number of carbonyl (C=O) groups excluding carboxylic acids is 1. The second kappa shape index (κ2) is 6.07. The Labute approximate surface area is 131 Å². The Kier molecular flexibility index (Phi) is 4.11. The van der Waals surface area contributed by atoms with Gasteiger partial charge in [-0.1, -0.05) is 0 Å². The minimum atomic E-state index is -1.34. The van der Waals surface area contributed by atoms with E-state index in [0.29, 0.717) is 23.5 Å². The van der Waals surface area contributed by atoms with Gasteiger partial charge in [-0.2, -0.15) is 0 Å². The average molecular weight is 322 g/mol. The first-order valence-electron chi connectivity index (χ1n) is 7.23. The maximum atomic E-state index is 11.9. The first kappa shape index (κ1) is 15.6. The first-order chi connectivity index (χ1) is 11.1. The molecule has 10 nitrogen and oxygen atoms in total. The van der Waals surface area contributed by atoms with Crippen LogP contribution in [-0.4, -0.2) is 67.5 Å². The molecule has 23 heavy (non-hydrogen) atoms. The third-order valence-electron chi connectivity index (χ3n) is 3.72. The Hall–Kier alpha value is -2.30. The molecular weight excluding hydrogens is 304 g/mol. The highest BCUT2D eigenvalue weighted by Gasteiger charge is 2.47. The fraction of sp³-hybridized carbons (Fsp3) is 0.538. The van der Waals surface area contributed by atoms with E-state index in [9.17, 15) is 15.0 Å². The first-order valence-corrected chi connectivity index (χ1v) is 7.23. The van der Waals surface area contributed by atoms with Crippen molar-refractivity contribution in [2.75, 3.05) is 18.9 Å². The van der Waals surface area contributed by atoms with E-state index in [1.165, 1.54) is 17.2 Å². The molecule has 10 heteroatoms. The summed E-state index contributed by atoms with van der Waals surface area (Å²) in [7, 11) is 1.70. The second-order valence-electron chi connectivity index (χ2n) is 5.12. The number of amides is 1. The maximum Gasteiger partial charge on any atom is 0.252 e. The highest BCUT2D eigenvalue weighted by atomic mass is 16.6. The number of aromatic nitrogens is 4. The lowest BCUT2D eigenvalue weighted by atomic mass is 10.1. The minimum absolute atomic E-state index is 0.402. The summed E-state index contributed by atoms with van der Waals surface area (Å²) in [6, 6.07) is 0. The molecule has 1 saturated heterocycles. The molecule has 2 aromatic rings. The van der Waals surface area contributed by atoms with E-state index < -0.39 is 30.4 Å². The van der Waals surface area contributed by atoms with Crippen LogP contribution in [0.5, 0.6) is 0 Å². The van der Waals surface area contributed by atoms with Gasteiger partial charge in [0, 0.05) is 13.6 Å². The van der Waals surface area contributed by atoms with Crippen LogP contribution in [0.2, 0.25) is 0 Å². The molecule has 2 aromatic heterocycles. The molecule has 4 atom stereocenters. The highest BCUT2D eigenvalue weighted by Crippen LogP contribution is 2.32. The van der Waals surface area contributed by atoms with Gasteiger partial charge < -0.3 is 25.6 Å². The van der Waals surface area contributed by atoms with Gasteiger partial charge in [0.2, 0.25) is 0 Å². The van der Waals surface area contributed by atoms with E-state index >= 15 is 0 Å². The molecule has 1 aliphatic heterocycles. The molecule has 0 spiro atoms. The largest absolute Gasteiger partial charge is 0.387 e. The van der Waals surface area contributed by atoms with Crippen molar-refractivity contribution in [3.8, 4) is 0 Å². The zero-order valence-corrected chi connectivity index (χ0v) is 12.7. The molecule has 0 bridgehead atoms. The van der Waals surface area contributed by atoms with Crippen LogP contribution in [0.4, 0.5) is 5.82 Å². The van der Waals surface area contributed by atoms with E-state index in [-0.39, 0.29) is 0 Å². The van der Waals surface area contributed by atoms with E-state index in [4.69, 9.17) is 4.74 Å². The second-order valence-corrected chi connectivity index (χ2v) is 5.12. The zero-order valence-electron chi connectivity index (χ0n) is 12.7. The number of nitrogens with one attached hydrogen (secondary N) is 2. The van der Waals surface area contributed by atoms with Crippen molar-refractivity contribution in [2.24, 2.45) is 0 Å². The normalized spacial score (nSPS) is 27.3. The lowest BCUT2D eigenvalue weighted by Gasteiger charge is -2.16. The third kappa shape index (κ3) is 2.50. The molecule has 4 N–H and O–H groups in total. The number of hydrogen-bond acceptors (Lipinski definition) is 8. The quantitative estimate of drug-likeness (QED) is 0.541. The number of likely N-dealkylation sites (N-methyl/N-ethyl adjacent to an activating group) is 1. The summed E-state index contributed by atoms with van der Waals surface area (Å²) in [5.41, 5.74) is 0.930. The Balaban J connectivity index is 1.95. The summed E-state index contributed by atoms with van der Waals surface area (Å²) < 4.78 is 7.03. The number of imidazole rings is 1. The van der Waals surface area contributed by atoms with Crippen LogP contribution in [0, 0.1) is 0 Å². The Bertz CT molecular complexity index is 720. The number of aliphatic hydroxyl groups is 2. The predicted octanol–water partition coefficient (Wildman–Crippen LogP) is -1.38. The SMILES string of the molecule is CCNC(=O)[C@H]1O[C@@H](n2cnc3c(NC)ncnc32)[C@H](O)[C@@H]1O. The minimum Gasteiger partial charge on any atom is -0.387 e. The summed E-state index contributed by atoms with van der Waals surface area (Å²) in [4.78, 5) is 24.3. The Morgan fingerprint density at radius 3 is 2.83 bits per heavy atom. The predicted molar refractivity (Wildman–Crippen MR) is 79.5 cm³/mol. The highest BCUT2D eigenvalue weighted by molar-refractivity contribution is 5.83. The zero-order chi connectivity index (χ0) is 16.6. The van der Waals surface area contributed by atoms with Gasteiger partial charge in [-0.05, 0) is 6.92 Å². The molecule has 3 rings (SSSR count). The average Bonchev–Trinajstić information content (AvgIpc) is 3.10. The monoisotopic (exact) mass is 322 g/mol. The number of ether oxygens (including phenoxy) is 1. The molecule has 1 amide bonds. The van der Waals surface area contributed by atoms with Crippen molar-refractivity contribution >= 4 is 22.9 Å². The van der Waals surface area contributed by atoms with Crippen LogP contribution in [0.3, 0.4) is 0 Å². The summed E-state index contributed by atoms with van der Waals surface area (Å²) in [5, 5.41) is 25.8. The van der Waals surface area contributed by atoms with Gasteiger partial charge in [0.05, 0.1) is 6.33 Å². The number of nitrogens with zero attached hydrogens (tertiary/aromatic N) is 4. The number of aliphatic hydroxyl groups excluding tert-OH is 2. The van der Waals surface area contributed by atoms with Crippen LogP contribution in [0.15, 0.2) is 12.7 Å². The molecule has 0 aromatic carbocycles. The fourth-order valence-electron chi connectivity index (χ4n) is 2.60. The van der Waals surface area contributed by atoms with Gasteiger partial charge in [-0.25, -0.2) is 15.0 Å². The van der Waals surface area contributed by atoms with E-state index in [0.717, 1.165) is 0 Å². The van der Waals surface area contributed by atoms with Crippen LogP contribution >= 0.6 is 0 Å². The van der Waals surface area contributed by atoms with Gasteiger partial charge in [-0.3, -0.25) is 9.36 Å². The molecule has 0 aliphatic carbocycles. The van der Waals surface area contributed by atoms with Gasteiger partial charge in [0.15, 0.2) is 23.8 Å². The standard InChI is InChI=1S/C13H18N6O4/c1-3-15-12(22)9-7(20)8(21)13(23-9)19-5-18-6-10(14-2)16-4-17-11(6)19/h4-5,7-9,13,20-21H,3H2,1-2H3,(H,15,22)(H,14,16,17)/t7-,8+,9-,13+/m0/s1. The summed E-state index contributed by atoms with van der Waals surface area (Å²) >= 11 is 0. The van der Waals surface area contributed by atoms with Gasteiger partial charge in [-0.15, -0.1) is 0 Å². The summed E-state index contributed by atoms with van der Waals surface area (Å²) in [5.74, 6) is 0.0542. The fourth-order valence-corrected chi connectivity index (χ4v) is 2.60. The molecule has 0 unspecified atom stereocenters. The molecule has 0 radical (unpaired) electrons. The van der Waals surface area contributed by atoms with Crippen LogP contribution in [0.25, 0.3) is 11.2 Å². The van der Waals surface area contributed by atoms with Gasteiger partial charge >= 0.3 is 0 Å². The third-order valence-corrected chi connectivity index (χ3v) is 3.72. The van der Waals surface area contributed by atoms with Crippen molar-refractivity contribution in [1.29, 1.82) is 0 Å². The molecule has 1 aliphatic rings. The van der Waals surface area contributed by atoms with E-state index in [1.54, 1.807) is 14.0 Å². The Morgan fingerprint density at radius 1 is 1.35 bits per heavy atom. The van der Waals surface area contributed by atoms with Gasteiger partial charge in [0.25, 0.3) is 5.91 Å². The summed E-state index contributed by atoms with van der Waals surface area (Å²) in [6.07, 6.45) is -1.96. The maximum absolute atomic E-state index is 11.9. The van der Waals surface area contributed by atoms with Gasteiger partial charge in [0.1, 0.15) is 24.1 Å². The molecule has 3 heterocycles. The van der Waals surface area contributed by atoms with Crippen LogP contribution < -0.4 is 10.6 Å². The lowest BCUT2D eigenvalue weighted by molar-refractivity contribution is -0.137. The molecular formula is C13H18N6O4. The van der Waals surface area contributed by atoms with Crippen molar-refractivity contribution < 1.29 is 19.7 Å². The van der Waals surface area contributed by atoms with E-state index in [1.807, 2.05) is 0 Å². The molecule has 1 fully saturated rings. The van der Waals surface area contributed by atoms with Crippen molar-refractivity contribution in [2.45, 2.75) is 31.5 Å². The number of hydrogen-bond donors (Lipinski definition) is 4. The smallest absolute Gasteiger partial charge is 0.252 e. The van der Waals surface area contributed by atoms with E-state index in [2.05, 4.69) is 25.6 Å².